The Balaban J connectivity index is 0.00000456. The number of hydrogen-bond acceptors (Lipinski definition) is 6. The number of fused-ring (bicyclic) bond motifs is 1. The number of carbonyl (C=O) groups is 3. The number of nitrogens with two attached hydrogens (primary N) is 1. The molecule has 1 saturated heterocycles. The Bertz CT molecular complexity index is 1060. The van der Waals surface area contributed by atoms with Gasteiger partial charge in [0.15, 0.2) is 0 Å². The zero-order valence-corrected chi connectivity index (χ0v) is 22.1. The van der Waals surface area contributed by atoms with Crippen LogP contribution >= 0.6 is 12.4 Å². The number of hydrogen-bond donors (Lipinski definition) is 4. The van der Waals surface area contributed by atoms with Crippen LogP contribution in [0.3, 0.4) is 0 Å². The summed E-state index contributed by atoms with van der Waals surface area (Å²) in [4.78, 5) is 42.1. The van der Waals surface area contributed by atoms with Crippen LogP contribution in [0.15, 0.2) is 42.5 Å². The standard InChI is InChI=1S/C27H38N4O4.ClH/c1-4-27(2,3)26(35)31(25(34)22-10-7-13-29-22)23(24(33)30-17-21(32)16-28)15-18-11-12-19-8-5-6-9-20(19)14-18;/h5-6,8-9,11-12,14,21-23,29,32H,4,7,10,13,15-17,28H2,1-3H3,(H,30,33);1H/t21?,22-,23+;/m0./s1. The lowest BCUT2D eigenvalue weighted by atomic mass is 9.87. The molecule has 1 heterocycles. The smallest absolute Gasteiger partial charge is 0.247 e. The Morgan fingerprint density at radius 3 is 2.50 bits per heavy atom. The molecule has 2 aromatic rings. The number of halogens is 1. The Hall–Kier alpha value is -2.52. The van der Waals surface area contributed by atoms with Gasteiger partial charge in [0, 0.05) is 24.9 Å². The van der Waals surface area contributed by atoms with Crippen LogP contribution in [0.25, 0.3) is 10.8 Å². The van der Waals surface area contributed by atoms with E-state index in [2.05, 4.69) is 10.6 Å². The molecule has 9 heteroatoms. The van der Waals surface area contributed by atoms with Crippen LogP contribution in [0.5, 0.6) is 0 Å². The molecule has 36 heavy (non-hydrogen) atoms. The summed E-state index contributed by atoms with van der Waals surface area (Å²) in [7, 11) is 0. The fraction of sp³-hybridized carbons (Fsp3) is 0.519. The van der Waals surface area contributed by atoms with Crippen molar-refractivity contribution >= 4 is 40.9 Å². The van der Waals surface area contributed by atoms with Gasteiger partial charge in [0.2, 0.25) is 17.7 Å². The molecule has 0 radical (unpaired) electrons. The molecule has 1 aliphatic heterocycles. The topological polar surface area (TPSA) is 125 Å². The molecule has 3 atom stereocenters. The fourth-order valence-corrected chi connectivity index (χ4v) is 4.25. The number of benzene rings is 2. The number of imide groups is 1. The molecule has 1 aliphatic rings. The summed E-state index contributed by atoms with van der Waals surface area (Å²) in [5, 5.41) is 17.8. The predicted octanol–water partition coefficient (Wildman–Crippen LogP) is 2.15. The zero-order chi connectivity index (χ0) is 25.6. The largest absolute Gasteiger partial charge is 0.390 e. The van der Waals surface area contributed by atoms with Crippen molar-refractivity contribution in [2.24, 2.45) is 11.1 Å². The number of rotatable bonds is 10. The highest BCUT2D eigenvalue weighted by Crippen LogP contribution is 2.27. The van der Waals surface area contributed by atoms with Crippen LogP contribution in [-0.2, 0) is 20.8 Å². The van der Waals surface area contributed by atoms with E-state index in [1.54, 1.807) is 13.8 Å². The molecule has 5 N–H and O–H groups in total. The number of nitrogens with zero attached hydrogens (tertiary/aromatic N) is 1. The summed E-state index contributed by atoms with van der Waals surface area (Å²) in [6.07, 6.45) is 1.22. The SMILES string of the molecule is CCC(C)(C)C(=O)N(C(=O)[C@@H]1CCCN1)[C@H](Cc1ccc2ccccc2c1)C(=O)NCC(O)CN.Cl. The Labute approximate surface area is 219 Å². The predicted molar refractivity (Wildman–Crippen MR) is 144 cm³/mol. The minimum absolute atomic E-state index is 0. The van der Waals surface area contributed by atoms with Gasteiger partial charge in [-0.3, -0.25) is 19.3 Å². The number of aliphatic hydroxyl groups excluding tert-OH is 1. The van der Waals surface area contributed by atoms with Gasteiger partial charge in [-0.05, 0) is 42.1 Å². The van der Waals surface area contributed by atoms with Gasteiger partial charge in [0.1, 0.15) is 6.04 Å². The van der Waals surface area contributed by atoms with Crippen molar-refractivity contribution in [3.05, 3.63) is 48.0 Å². The average molecular weight is 519 g/mol. The first-order chi connectivity index (χ1) is 16.7. The maximum Gasteiger partial charge on any atom is 0.247 e. The molecule has 1 unspecified atom stereocenters. The number of carbonyl (C=O) groups excluding carboxylic acids is 3. The second-order valence-electron chi connectivity index (χ2n) is 9.94. The third-order valence-electron chi connectivity index (χ3n) is 6.92. The van der Waals surface area contributed by atoms with Crippen LogP contribution in [0.4, 0.5) is 0 Å². The van der Waals surface area contributed by atoms with Gasteiger partial charge in [0.25, 0.3) is 0 Å². The normalized spacial score (nSPS) is 17.2. The van der Waals surface area contributed by atoms with Crippen molar-refractivity contribution < 1.29 is 19.5 Å². The van der Waals surface area contributed by atoms with Crippen LogP contribution in [0, 0.1) is 5.41 Å². The van der Waals surface area contributed by atoms with Crippen LogP contribution in [0.2, 0.25) is 0 Å². The monoisotopic (exact) mass is 518 g/mol. The van der Waals surface area contributed by atoms with Gasteiger partial charge in [-0.2, -0.15) is 0 Å². The van der Waals surface area contributed by atoms with Crippen molar-refractivity contribution in [2.45, 2.75) is 64.6 Å². The fourth-order valence-electron chi connectivity index (χ4n) is 4.25. The number of nitrogens with one attached hydrogen (secondary N) is 2. The minimum Gasteiger partial charge on any atom is -0.390 e. The zero-order valence-electron chi connectivity index (χ0n) is 21.3. The van der Waals surface area contributed by atoms with Gasteiger partial charge in [-0.15, -0.1) is 12.4 Å². The third-order valence-corrected chi connectivity index (χ3v) is 6.92. The number of amides is 3. The summed E-state index contributed by atoms with van der Waals surface area (Å²) < 4.78 is 0. The van der Waals surface area contributed by atoms with Crippen molar-refractivity contribution in [1.29, 1.82) is 0 Å². The van der Waals surface area contributed by atoms with Gasteiger partial charge in [-0.1, -0.05) is 63.2 Å². The molecule has 198 valence electrons. The molecular formula is C27H39ClN4O4. The molecule has 0 bridgehead atoms. The lowest BCUT2D eigenvalue weighted by Crippen LogP contribution is -2.60. The summed E-state index contributed by atoms with van der Waals surface area (Å²) in [5.74, 6) is -1.24. The van der Waals surface area contributed by atoms with E-state index in [-0.39, 0.29) is 43.7 Å². The summed E-state index contributed by atoms with van der Waals surface area (Å²) >= 11 is 0. The Morgan fingerprint density at radius 2 is 1.89 bits per heavy atom. The first-order valence-electron chi connectivity index (χ1n) is 12.4. The van der Waals surface area contributed by atoms with Gasteiger partial charge in [0.05, 0.1) is 12.1 Å². The van der Waals surface area contributed by atoms with E-state index in [9.17, 15) is 19.5 Å². The van der Waals surface area contributed by atoms with Crippen LogP contribution in [-0.4, -0.2) is 65.5 Å². The molecule has 0 spiro atoms. The molecule has 3 rings (SSSR count). The van der Waals surface area contributed by atoms with Gasteiger partial charge in [-0.25, -0.2) is 0 Å². The highest BCUT2D eigenvalue weighted by molar-refractivity contribution is 6.04. The molecule has 0 aromatic heterocycles. The van der Waals surface area contributed by atoms with Crippen molar-refractivity contribution in [3.8, 4) is 0 Å². The minimum atomic E-state index is -1.06. The molecule has 1 fully saturated rings. The number of aliphatic hydroxyl groups is 1. The van der Waals surface area contributed by atoms with E-state index in [0.29, 0.717) is 19.4 Å². The van der Waals surface area contributed by atoms with E-state index in [0.717, 1.165) is 22.8 Å². The molecule has 0 saturated carbocycles. The highest BCUT2D eigenvalue weighted by atomic mass is 35.5. The highest BCUT2D eigenvalue weighted by Gasteiger charge is 2.43. The van der Waals surface area contributed by atoms with E-state index in [1.807, 2.05) is 49.4 Å². The lowest BCUT2D eigenvalue weighted by molar-refractivity contribution is -0.158. The van der Waals surface area contributed by atoms with Crippen molar-refractivity contribution in [2.75, 3.05) is 19.6 Å². The molecule has 3 amide bonds. The van der Waals surface area contributed by atoms with Crippen LogP contribution < -0.4 is 16.4 Å². The summed E-state index contributed by atoms with van der Waals surface area (Å²) in [6, 6.07) is 12.2. The van der Waals surface area contributed by atoms with Crippen molar-refractivity contribution in [3.63, 3.8) is 0 Å². The molecule has 2 aromatic carbocycles. The Kier molecular flexibility index (Phi) is 10.8. The third kappa shape index (κ3) is 7.03. The van der Waals surface area contributed by atoms with E-state index in [4.69, 9.17) is 5.73 Å². The average Bonchev–Trinajstić information content (AvgIpc) is 3.41. The van der Waals surface area contributed by atoms with E-state index < -0.39 is 29.5 Å². The summed E-state index contributed by atoms with van der Waals surface area (Å²) in [5.41, 5.74) is 5.51. The molecular weight excluding hydrogens is 480 g/mol. The molecule has 0 aliphatic carbocycles. The first-order valence-corrected chi connectivity index (χ1v) is 12.4. The maximum absolute atomic E-state index is 13.8. The van der Waals surface area contributed by atoms with Crippen LogP contribution in [0.1, 0.15) is 45.6 Å². The van der Waals surface area contributed by atoms with E-state index in [1.165, 1.54) is 4.90 Å². The summed E-state index contributed by atoms with van der Waals surface area (Å²) in [6.45, 7) is 6.11. The molecule has 8 nitrogen and oxygen atoms in total. The quantitative estimate of drug-likeness (QED) is 0.382. The lowest BCUT2D eigenvalue weighted by Gasteiger charge is -2.36. The van der Waals surface area contributed by atoms with Gasteiger partial charge < -0.3 is 21.5 Å². The van der Waals surface area contributed by atoms with Gasteiger partial charge >= 0.3 is 0 Å². The first kappa shape index (κ1) is 29.7. The second kappa shape index (κ2) is 13.1. The van der Waals surface area contributed by atoms with Crippen molar-refractivity contribution in [1.82, 2.24) is 15.5 Å². The Morgan fingerprint density at radius 1 is 1.19 bits per heavy atom. The maximum atomic E-state index is 13.8. The second-order valence-corrected chi connectivity index (χ2v) is 9.94. The van der Waals surface area contributed by atoms with E-state index >= 15 is 0 Å².